The van der Waals surface area contributed by atoms with Crippen molar-refractivity contribution in [3.8, 4) is 11.5 Å². The predicted molar refractivity (Wildman–Crippen MR) is 120 cm³/mol. The van der Waals surface area contributed by atoms with E-state index in [1.807, 2.05) is 18.2 Å². The van der Waals surface area contributed by atoms with Gasteiger partial charge in [0.05, 0.1) is 16.7 Å². The maximum Gasteiger partial charge on any atom is 0.316 e. The maximum absolute atomic E-state index is 12.8. The highest BCUT2D eigenvalue weighted by molar-refractivity contribution is 6.30. The molecule has 0 aliphatic heterocycles. The number of aryl methyl sites for hydroxylation is 2. The normalized spacial score (nSPS) is 10.8. The van der Waals surface area contributed by atoms with Crippen LogP contribution in [0, 0.1) is 0 Å². The first-order chi connectivity index (χ1) is 14.8. The highest BCUT2D eigenvalue weighted by Crippen LogP contribution is 2.33. The number of ether oxygens (including phenoxy) is 1. The third-order valence-electron chi connectivity index (χ3n) is 4.92. The number of aromatic nitrogens is 2. The molecule has 8 heteroatoms. The molecule has 0 bridgehead atoms. The summed E-state index contributed by atoms with van der Waals surface area (Å²) in [5, 5.41) is 3.35. The molecule has 0 saturated heterocycles. The van der Waals surface area contributed by atoms with Gasteiger partial charge in [-0.2, -0.15) is 0 Å². The number of amides is 1. The quantitative estimate of drug-likeness (QED) is 0.492. The van der Waals surface area contributed by atoms with Gasteiger partial charge in [-0.3, -0.25) is 14.4 Å². The minimum atomic E-state index is -0.665. The lowest BCUT2D eigenvalue weighted by Crippen LogP contribution is -2.39. The molecule has 0 spiro atoms. The summed E-state index contributed by atoms with van der Waals surface area (Å²) in [5.41, 5.74) is 0.399. The van der Waals surface area contributed by atoms with Gasteiger partial charge < -0.3 is 19.2 Å². The summed E-state index contributed by atoms with van der Waals surface area (Å²) in [6.45, 7) is 0. The fraction of sp³-hybridized carbons (Fsp3) is 0.0870. The SMILES string of the molecule is Cn1c(=O)c(=O)n(C)c2cc(Oc3ccccc3)c(NC(=O)c3ccc(Cl)cc3)cc21. The van der Waals surface area contributed by atoms with Crippen molar-refractivity contribution in [2.24, 2.45) is 14.1 Å². The Labute approximate surface area is 182 Å². The second-order valence-corrected chi connectivity index (χ2v) is 7.38. The molecule has 0 saturated carbocycles. The van der Waals surface area contributed by atoms with Gasteiger partial charge >= 0.3 is 11.1 Å². The first kappa shape index (κ1) is 20.4. The van der Waals surface area contributed by atoms with E-state index in [1.165, 1.54) is 23.2 Å². The van der Waals surface area contributed by atoms with Crippen LogP contribution in [-0.2, 0) is 14.1 Å². The van der Waals surface area contributed by atoms with Crippen LogP contribution in [0.3, 0.4) is 0 Å². The van der Waals surface area contributed by atoms with E-state index in [2.05, 4.69) is 5.32 Å². The Morgan fingerprint density at radius 1 is 0.871 bits per heavy atom. The molecule has 156 valence electrons. The van der Waals surface area contributed by atoms with Crippen molar-refractivity contribution in [2.45, 2.75) is 0 Å². The number of carbonyl (C=O) groups is 1. The van der Waals surface area contributed by atoms with E-state index in [9.17, 15) is 14.4 Å². The lowest BCUT2D eigenvalue weighted by Gasteiger charge is -2.16. The van der Waals surface area contributed by atoms with Crippen molar-refractivity contribution < 1.29 is 9.53 Å². The summed E-state index contributed by atoms with van der Waals surface area (Å²) in [5.74, 6) is 0.511. The van der Waals surface area contributed by atoms with Crippen LogP contribution in [0.4, 0.5) is 5.69 Å². The summed E-state index contributed by atoms with van der Waals surface area (Å²) in [6.07, 6.45) is 0. The van der Waals surface area contributed by atoms with E-state index in [1.54, 1.807) is 48.5 Å². The topological polar surface area (TPSA) is 82.3 Å². The monoisotopic (exact) mass is 435 g/mol. The molecule has 0 radical (unpaired) electrons. The number of hydrogen-bond acceptors (Lipinski definition) is 4. The molecule has 4 rings (SSSR count). The van der Waals surface area contributed by atoms with Crippen LogP contribution >= 0.6 is 11.6 Å². The van der Waals surface area contributed by atoms with Crippen LogP contribution in [0.1, 0.15) is 10.4 Å². The molecule has 1 N–H and O–H groups in total. The largest absolute Gasteiger partial charge is 0.455 e. The van der Waals surface area contributed by atoms with Crippen LogP contribution in [0.15, 0.2) is 76.3 Å². The molecule has 3 aromatic carbocycles. The minimum absolute atomic E-state index is 0.328. The van der Waals surface area contributed by atoms with E-state index in [4.69, 9.17) is 16.3 Å². The number of carbonyl (C=O) groups excluding carboxylic acids is 1. The van der Waals surface area contributed by atoms with E-state index in [0.29, 0.717) is 38.8 Å². The van der Waals surface area contributed by atoms with Crippen molar-refractivity contribution in [1.82, 2.24) is 9.13 Å². The van der Waals surface area contributed by atoms with E-state index >= 15 is 0 Å². The Hall–Kier alpha value is -3.84. The van der Waals surface area contributed by atoms with Crippen molar-refractivity contribution in [3.63, 3.8) is 0 Å². The molecule has 1 amide bonds. The molecule has 0 atom stereocenters. The van der Waals surface area contributed by atoms with Gasteiger partial charge in [0.1, 0.15) is 5.75 Å². The zero-order valence-corrected chi connectivity index (χ0v) is 17.5. The van der Waals surface area contributed by atoms with Crippen LogP contribution in [0.25, 0.3) is 11.0 Å². The average Bonchev–Trinajstić information content (AvgIpc) is 2.78. The Morgan fingerprint density at radius 3 is 2.06 bits per heavy atom. The van der Waals surface area contributed by atoms with Gasteiger partial charge in [0.15, 0.2) is 5.75 Å². The van der Waals surface area contributed by atoms with Crippen molar-refractivity contribution in [1.29, 1.82) is 0 Å². The van der Waals surface area contributed by atoms with Crippen molar-refractivity contribution >= 4 is 34.2 Å². The lowest BCUT2D eigenvalue weighted by atomic mass is 10.2. The summed E-state index contributed by atoms with van der Waals surface area (Å²) in [6, 6.07) is 18.7. The highest BCUT2D eigenvalue weighted by Gasteiger charge is 2.16. The molecule has 1 heterocycles. The summed E-state index contributed by atoms with van der Waals surface area (Å²) in [4.78, 5) is 37.3. The zero-order valence-electron chi connectivity index (χ0n) is 16.8. The van der Waals surface area contributed by atoms with Gasteiger partial charge in [-0.05, 0) is 42.5 Å². The fourth-order valence-corrected chi connectivity index (χ4v) is 3.32. The number of para-hydroxylation sites is 1. The summed E-state index contributed by atoms with van der Waals surface area (Å²) >= 11 is 5.91. The number of nitrogens with zero attached hydrogens (tertiary/aromatic N) is 2. The molecule has 0 unspecified atom stereocenters. The fourth-order valence-electron chi connectivity index (χ4n) is 3.19. The number of rotatable bonds is 4. The third-order valence-corrected chi connectivity index (χ3v) is 5.17. The number of halogens is 1. The van der Waals surface area contributed by atoms with E-state index in [-0.39, 0.29) is 5.91 Å². The van der Waals surface area contributed by atoms with Gasteiger partial charge in [-0.25, -0.2) is 0 Å². The number of hydrogen-bond donors (Lipinski definition) is 1. The molecule has 31 heavy (non-hydrogen) atoms. The number of benzene rings is 3. The summed E-state index contributed by atoms with van der Waals surface area (Å²) in [7, 11) is 3.03. The van der Waals surface area contributed by atoms with Crippen LogP contribution in [-0.4, -0.2) is 15.0 Å². The van der Waals surface area contributed by atoms with Crippen molar-refractivity contribution in [2.75, 3.05) is 5.32 Å². The second-order valence-electron chi connectivity index (χ2n) is 6.94. The highest BCUT2D eigenvalue weighted by atomic mass is 35.5. The minimum Gasteiger partial charge on any atom is -0.455 e. The zero-order chi connectivity index (χ0) is 22.1. The Morgan fingerprint density at radius 2 is 1.45 bits per heavy atom. The first-order valence-corrected chi connectivity index (χ1v) is 9.76. The molecule has 0 aliphatic carbocycles. The van der Waals surface area contributed by atoms with Gasteiger partial charge in [0.25, 0.3) is 5.91 Å². The number of fused-ring (bicyclic) bond motifs is 1. The Bertz CT molecular complexity index is 1410. The van der Waals surface area contributed by atoms with Gasteiger partial charge in [0, 0.05) is 30.7 Å². The number of nitrogens with one attached hydrogen (secondary N) is 1. The van der Waals surface area contributed by atoms with Crippen LogP contribution in [0.5, 0.6) is 11.5 Å². The van der Waals surface area contributed by atoms with Gasteiger partial charge in [-0.15, -0.1) is 0 Å². The Kier molecular flexibility index (Phi) is 5.35. The van der Waals surface area contributed by atoms with E-state index in [0.717, 1.165) is 0 Å². The molecule has 7 nitrogen and oxygen atoms in total. The van der Waals surface area contributed by atoms with Crippen LogP contribution < -0.4 is 21.2 Å². The molecule has 1 aromatic heterocycles. The number of anilines is 1. The Balaban J connectivity index is 1.87. The maximum atomic E-state index is 12.8. The predicted octanol–water partition coefficient (Wildman–Crippen LogP) is 3.94. The second kappa shape index (κ2) is 8.12. The first-order valence-electron chi connectivity index (χ1n) is 9.39. The molecule has 4 aromatic rings. The van der Waals surface area contributed by atoms with E-state index < -0.39 is 11.1 Å². The summed E-state index contributed by atoms with van der Waals surface area (Å²) < 4.78 is 8.52. The van der Waals surface area contributed by atoms with Gasteiger partial charge in [0.2, 0.25) is 0 Å². The smallest absolute Gasteiger partial charge is 0.316 e. The molecule has 0 aliphatic rings. The molecular weight excluding hydrogens is 418 g/mol. The van der Waals surface area contributed by atoms with Gasteiger partial charge in [-0.1, -0.05) is 29.8 Å². The third kappa shape index (κ3) is 3.95. The molecular formula is C23H18ClN3O4. The molecule has 0 fully saturated rings. The lowest BCUT2D eigenvalue weighted by molar-refractivity contribution is 0.102. The standard InChI is InChI=1S/C23H18ClN3O4/c1-26-18-12-17(25-21(28)14-8-10-15(24)11-9-14)20(31-16-6-4-3-5-7-16)13-19(18)27(2)23(30)22(26)29/h3-13H,1-2H3,(H,25,28). The van der Waals surface area contributed by atoms with Crippen molar-refractivity contribution in [3.05, 3.63) is 98.0 Å². The average molecular weight is 436 g/mol. The van der Waals surface area contributed by atoms with Crippen LogP contribution in [0.2, 0.25) is 5.02 Å².